The molecular formula is C14H16ClN3O5S. The Bertz CT molecular complexity index is 836. The summed E-state index contributed by atoms with van der Waals surface area (Å²) in [6.07, 6.45) is -1.31. The van der Waals surface area contributed by atoms with E-state index in [1.807, 2.05) is 6.07 Å². The molecule has 10 heteroatoms. The third kappa shape index (κ3) is 2.82. The fourth-order valence-corrected chi connectivity index (χ4v) is 4.48. The van der Waals surface area contributed by atoms with Crippen LogP contribution in [0.5, 0.6) is 0 Å². The standard InChI is InChI=1S/C14H16ClN3O5S/c1-8-10(4-3-9(7-16)12(8)15)17-24(22,23)18-6-5-11(19)14(18,2)13(20)21/h3-4,11,17,19H,5-6H2,1-2H3,(H,20,21). The highest BCUT2D eigenvalue weighted by molar-refractivity contribution is 7.90. The lowest BCUT2D eigenvalue weighted by molar-refractivity contribution is -0.150. The molecule has 1 aliphatic rings. The number of carboxylic acids is 1. The van der Waals surface area contributed by atoms with E-state index in [4.69, 9.17) is 16.9 Å². The molecule has 0 aliphatic carbocycles. The molecule has 0 radical (unpaired) electrons. The number of rotatable bonds is 4. The van der Waals surface area contributed by atoms with Crippen molar-refractivity contribution >= 4 is 33.5 Å². The maximum absolute atomic E-state index is 12.6. The van der Waals surface area contributed by atoms with Crippen molar-refractivity contribution in [3.05, 3.63) is 28.3 Å². The van der Waals surface area contributed by atoms with E-state index in [9.17, 15) is 23.4 Å². The summed E-state index contributed by atoms with van der Waals surface area (Å²) in [6, 6.07) is 4.63. The van der Waals surface area contributed by atoms with Gasteiger partial charge in [-0.25, -0.2) is 0 Å². The molecular weight excluding hydrogens is 358 g/mol. The first kappa shape index (κ1) is 18.5. The van der Waals surface area contributed by atoms with Gasteiger partial charge in [-0.3, -0.25) is 9.52 Å². The minimum atomic E-state index is -4.26. The minimum absolute atomic E-state index is 0.0107. The fraction of sp³-hybridized carbons (Fsp3) is 0.429. The first-order valence-corrected chi connectivity index (χ1v) is 8.78. The SMILES string of the molecule is Cc1c(NS(=O)(=O)N2CCC(O)C2(C)C(=O)O)ccc(C#N)c1Cl. The molecule has 2 atom stereocenters. The molecule has 0 aromatic heterocycles. The van der Waals surface area contributed by atoms with Gasteiger partial charge in [0.15, 0.2) is 5.54 Å². The van der Waals surface area contributed by atoms with Gasteiger partial charge in [0.1, 0.15) is 6.07 Å². The van der Waals surface area contributed by atoms with Crippen LogP contribution in [0.4, 0.5) is 5.69 Å². The maximum atomic E-state index is 12.6. The normalized spacial score (nSPS) is 24.5. The molecule has 2 unspecified atom stereocenters. The lowest BCUT2D eigenvalue weighted by Crippen LogP contribution is -2.57. The molecule has 0 saturated carbocycles. The molecule has 2 rings (SSSR count). The first-order chi connectivity index (χ1) is 11.1. The van der Waals surface area contributed by atoms with Crippen LogP contribution in [-0.2, 0) is 15.0 Å². The van der Waals surface area contributed by atoms with E-state index in [1.165, 1.54) is 19.1 Å². The summed E-state index contributed by atoms with van der Waals surface area (Å²) in [6.45, 7) is 2.56. The molecule has 3 N–H and O–H groups in total. The number of benzene rings is 1. The number of nitriles is 1. The first-order valence-electron chi connectivity index (χ1n) is 6.97. The zero-order valence-electron chi connectivity index (χ0n) is 12.9. The molecule has 1 aliphatic heterocycles. The Morgan fingerprint density at radius 1 is 1.54 bits per heavy atom. The summed E-state index contributed by atoms with van der Waals surface area (Å²) in [4.78, 5) is 11.5. The molecule has 1 fully saturated rings. The van der Waals surface area contributed by atoms with Gasteiger partial charge < -0.3 is 10.2 Å². The van der Waals surface area contributed by atoms with E-state index < -0.39 is 27.8 Å². The van der Waals surface area contributed by atoms with Crippen LogP contribution in [0.15, 0.2) is 12.1 Å². The van der Waals surface area contributed by atoms with Gasteiger partial charge in [0.25, 0.3) is 0 Å². The van der Waals surface area contributed by atoms with E-state index in [-0.39, 0.29) is 29.2 Å². The van der Waals surface area contributed by atoms with Crippen LogP contribution in [0.25, 0.3) is 0 Å². The lowest BCUT2D eigenvalue weighted by atomic mass is 9.98. The summed E-state index contributed by atoms with van der Waals surface area (Å²) in [5, 5.41) is 28.3. The number of hydrogen-bond acceptors (Lipinski definition) is 5. The smallest absolute Gasteiger partial charge is 0.327 e. The molecule has 8 nitrogen and oxygen atoms in total. The van der Waals surface area contributed by atoms with Crippen LogP contribution >= 0.6 is 11.6 Å². The van der Waals surface area contributed by atoms with Crippen molar-refractivity contribution in [3.8, 4) is 6.07 Å². The average Bonchev–Trinajstić information content (AvgIpc) is 2.82. The highest BCUT2D eigenvalue weighted by Crippen LogP contribution is 2.34. The Hall–Kier alpha value is -1.86. The molecule has 24 heavy (non-hydrogen) atoms. The summed E-state index contributed by atoms with van der Waals surface area (Å²) in [5.74, 6) is -1.44. The lowest BCUT2D eigenvalue weighted by Gasteiger charge is -2.32. The fourth-order valence-electron chi connectivity index (χ4n) is 2.61. The Labute approximate surface area is 144 Å². The van der Waals surface area contributed by atoms with Crippen molar-refractivity contribution in [1.29, 1.82) is 5.26 Å². The predicted octanol–water partition coefficient (Wildman–Crippen LogP) is 1.09. The monoisotopic (exact) mass is 373 g/mol. The molecule has 0 spiro atoms. The second kappa shape index (κ2) is 6.22. The summed E-state index contributed by atoms with van der Waals surface area (Å²) in [5.41, 5.74) is -1.29. The molecule has 0 bridgehead atoms. The van der Waals surface area contributed by atoms with E-state index in [1.54, 1.807) is 0 Å². The van der Waals surface area contributed by atoms with Crippen molar-refractivity contribution < 1.29 is 23.4 Å². The third-order valence-corrected chi connectivity index (χ3v) is 6.35. The summed E-state index contributed by atoms with van der Waals surface area (Å²) in [7, 11) is -4.26. The molecule has 1 aromatic carbocycles. The third-order valence-electron chi connectivity index (χ3n) is 4.24. The predicted molar refractivity (Wildman–Crippen MR) is 86.8 cm³/mol. The number of anilines is 1. The van der Waals surface area contributed by atoms with Gasteiger partial charge in [0, 0.05) is 6.54 Å². The van der Waals surface area contributed by atoms with Crippen molar-refractivity contribution in [2.24, 2.45) is 0 Å². The highest BCUT2D eigenvalue weighted by atomic mass is 35.5. The van der Waals surface area contributed by atoms with Crippen molar-refractivity contribution in [3.63, 3.8) is 0 Å². The second-order valence-corrected chi connectivity index (χ2v) is 7.62. The van der Waals surface area contributed by atoms with Gasteiger partial charge in [0.2, 0.25) is 0 Å². The number of aliphatic hydroxyl groups is 1. The average molecular weight is 374 g/mol. The zero-order chi connectivity index (χ0) is 18.3. The molecule has 0 amide bonds. The van der Waals surface area contributed by atoms with Gasteiger partial charge in [-0.1, -0.05) is 11.6 Å². The number of carboxylic acid groups (broad SMARTS) is 1. The quantitative estimate of drug-likeness (QED) is 0.724. The van der Waals surface area contributed by atoms with E-state index in [0.29, 0.717) is 5.56 Å². The Kier molecular flexibility index (Phi) is 4.79. The number of nitrogens with one attached hydrogen (secondary N) is 1. The van der Waals surface area contributed by atoms with Crippen LogP contribution in [0.1, 0.15) is 24.5 Å². The molecule has 1 aromatic rings. The number of carbonyl (C=O) groups is 1. The van der Waals surface area contributed by atoms with E-state index >= 15 is 0 Å². The van der Waals surface area contributed by atoms with Crippen molar-refractivity contribution in [2.45, 2.75) is 31.9 Å². The van der Waals surface area contributed by atoms with Gasteiger partial charge in [-0.2, -0.15) is 18.0 Å². The number of aliphatic hydroxyl groups excluding tert-OH is 1. The zero-order valence-corrected chi connectivity index (χ0v) is 14.5. The highest BCUT2D eigenvalue weighted by Gasteiger charge is 2.55. The number of nitrogens with zero attached hydrogens (tertiary/aromatic N) is 2. The number of halogens is 1. The van der Waals surface area contributed by atoms with Crippen LogP contribution < -0.4 is 4.72 Å². The van der Waals surface area contributed by atoms with Crippen LogP contribution in [0.2, 0.25) is 5.02 Å². The van der Waals surface area contributed by atoms with E-state index in [2.05, 4.69) is 4.72 Å². The second-order valence-electron chi connectivity index (χ2n) is 5.65. The summed E-state index contributed by atoms with van der Waals surface area (Å²) < 4.78 is 28.2. The Balaban J connectivity index is 2.42. The van der Waals surface area contributed by atoms with Crippen molar-refractivity contribution in [1.82, 2.24) is 4.31 Å². The Morgan fingerprint density at radius 3 is 2.71 bits per heavy atom. The van der Waals surface area contributed by atoms with Gasteiger partial charge in [-0.05, 0) is 38.0 Å². The van der Waals surface area contributed by atoms with Gasteiger partial charge in [0.05, 0.1) is 22.4 Å². The number of hydrogen-bond donors (Lipinski definition) is 3. The van der Waals surface area contributed by atoms with Crippen LogP contribution in [0.3, 0.4) is 0 Å². The van der Waals surface area contributed by atoms with Gasteiger partial charge in [-0.15, -0.1) is 0 Å². The molecule has 1 heterocycles. The van der Waals surface area contributed by atoms with Crippen LogP contribution in [0, 0.1) is 18.3 Å². The topological polar surface area (TPSA) is 131 Å². The molecule has 1 saturated heterocycles. The van der Waals surface area contributed by atoms with E-state index in [0.717, 1.165) is 11.2 Å². The number of aliphatic carboxylic acids is 1. The molecule has 130 valence electrons. The largest absolute Gasteiger partial charge is 0.480 e. The van der Waals surface area contributed by atoms with Crippen molar-refractivity contribution in [2.75, 3.05) is 11.3 Å². The minimum Gasteiger partial charge on any atom is -0.480 e. The summed E-state index contributed by atoms with van der Waals surface area (Å²) >= 11 is 6.01. The Morgan fingerprint density at radius 2 is 2.17 bits per heavy atom. The van der Waals surface area contributed by atoms with Crippen LogP contribution in [-0.4, -0.2) is 47.1 Å². The van der Waals surface area contributed by atoms with Gasteiger partial charge >= 0.3 is 16.2 Å². The maximum Gasteiger partial charge on any atom is 0.327 e.